The van der Waals surface area contributed by atoms with Crippen LogP contribution >= 0.6 is 15.6 Å². The van der Waals surface area contributed by atoms with Gasteiger partial charge in [-0.05, 0) is 25.7 Å². The average Bonchev–Trinajstić information content (AvgIpc) is 3.49. The lowest BCUT2D eigenvalue weighted by molar-refractivity contribution is -0.161. The van der Waals surface area contributed by atoms with Gasteiger partial charge in [0.1, 0.15) is 19.3 Å². The molecule has 85 heavy (non-hydrogen) atoms. The van der Waals surface area contributed by atoms with Crippen LogP contribution in [0.5, 0.6) is 0 Å². The lowest BCUT2D eigenvalue weighted by Crippen LogP contribution is -2.30. The quantitative estimate of drug-likeness (QED) is 0.0222. The molecule has 0 saturated heterocycles. The van der Waals surface area contributed by atoms with Crippen LogP contribution in [0.3, 0.4) is 0 Å². The van der Waals surface area contributed by atoms with Crippen LogP contribution in [0, 0.1) is 0 Å². The number of unbranched alkanes of at least 4 members (excludes halogenated alkanes) is 41. The van der Waals surface area contributed by atoms with E-state index >= 15 is 0 Å². The van der Waals surface area contributed by atoms with Gasteiger partial charge < -0.3 is 33.8 Å². The first-order chi connectivity index (χ1) is 41.2. The summed E-state index contributed by atoms with van der Waals surface area (Å²) in [6.45, 7) is 4.86. The number of rotatable bonds is 67. The van der Waals surface area contributed by atoms with E-state index in [4.69, 9.17) is 37.0 Å². The maximum absolute atomic E-state index is 13.0. The van der Waals surface area contributed by atoms with Crippen LogP contribution in [0.2, 0.25) is 0 Å². The zero-order chi connectivity index (χ0) is 62.6. The molecule has 0 rings (SSSR count). The first kappa shape index (κ1) is 83.1. The van der Waals surface area contributed by atoms with Gasteiger partial charge in [0.05, 0.1) is 26.4 Å². The average molecular weight is 1260 g/mol. The van der Waals surface area contributed by atoms with Gasteiger partial charge in [0.15, 0.2) is 12.2 Å². The summed E-state index contributed by atoms with van der Waals surface area (Å²) in [6, 6.07) is 0. The van der Waals surface area contributed by atoms with E-state index in [1.807, 2.05) is 0 Å². The Morgan fingerprint density at radius 2 is 0.471 bits per heavy atom. The Hall–Kier alpha value is -1.94. The van der Waals surface area contributed by atoms with Crippen molar-refractivity contribution in [3.63, 3.8) is 0 Å². The number of carbonyl (C=O) groups is 4. The van der Waals surface area contributed by atoms with Crippen LogP contribution in [0.1, 0.15) is 342 Å². The minimum absolute atomic E-state index is 0.106. The standard InChI is InChI=1S/C66H128O17P2/c1-5-9-13-17-21-24-27-28-29-30-31-32-33-34-37-41-45-49-53-66(71)83-62(57-77-64(69)51-47-43-39-35-25-22-18-14-10-6-2)59-81-85(74,75)79-55-60(67)54-78-84(72,73)80-58-61(56-76-63(68)50-46-42-38-20-16-12-8-4)82-65(70)52-48-44-40-36-26-23-19-15-11-7-3/h60-62,67H,5-59H2,1-4H3,(H,72,73)(H,74,75)/t60-,61+,62+/m0/s1. The second kappa shape index (κ2) is 60.9. The molecule has 5 atom stereocenters. The van der Waals surface area contributed by atoms with Gasteiger partial charge in [0.2, 0.25) is 0 Å². The minimum atomic E-state index is -4.94. The molecule has 0 heterocycles. The summed E-state index contributed by atoms with van der Waals surface area (Å²) >= 11 is 0. The van der Waals surface area contributed by atoms with Crippen LogP contribution in [-0.2, 0) is 65.4 Å². The van der Waals surface area contributed by atoms with Crippen molar-refractivity contribution in [2.75, 3.05) is 39.6 Å². The maximum atomic E-state index is 13.0. The van der Waals surface area contributed by atoms with E-state index in [1.165, 1.54) is 161 Å². The molecular formula is C66H128O17P2. The first-order valence-electron chi connectivity index (χ1n) is 34.8. The highest BCUT2D eigenvalue weighted by Gasteiger charge is 2.30. The third-order valence-corrected chi connectivity index (χ3v) is 17.3. The topological polar surface area (TPSA) is 237 Å². The van der Waals surface area contributed by atoms with E-state index in [0.717, 1.165) is 103 Å². The van der Waals surface area contributed by atoms with E-state index in [9.17, 15) is 43.2 Å². The summed E-state index contributed by atoms with van der Waals surface area (Å²) < 4.78 is 68.0. The second-order valence-electron chi connectivity index (χ2n) is 23.9. The summed E-state index contributed by atoms with van der Waals surface area (Å²) in [5.41, 5.74) is 0. The highest BCUT2D eigenvalue weighted by molar-refractivity contribution is 7.47. The zero-order valence-electron chi connectivity index (χ0n) is 54.6. The van der Waals surface area contributed by atoms with E-state index in [1.54, 1.807) is 0 Å². The van der Waals surface area contributed by atoms with Crippen molar-refractivity contribution in [2.24, 2.45) is 0 Å². The summed E-state index contributed by atoms with van der Waals surface area (Å²) in [5, 5.41) is 10.5. The zero-order valence-corrected chi connectivity index (χ0v) is 56.4. The fourth-order valence-corrected chi connectivity index (χ4v) is 11.6. The summed E-state index contributed by atoms with van der Waals surface area (Å²) in [4.78, 5) is 72.1. The monoisotopic (exact) mass is 1250 g/mol. The molecule has 0 spiro atoms. The molecule has 0 radical (unpaired) electrons. The van der Waals surface area contributed by atoms with E-state index in [-0.39, 0.29) is 25.7 Å². The molecule has 0 aromatic rings. The number of carbonyl (C=O) groups excluding carboxylic acids is 4. The number of ether oxygens (including phenoxy) is 4. The Morgan fingerprint density at radius 3 is 0.694 bits per heavy atom. The number of hydrogen-bond donors (Lipinski definition) is 3. The minimum Gasteiger partial charge on any atom is -0.462 e. The molecule has 0 aliphatic heterocycles. The van der Waals surface area contributed by atoms with Crippen LogP contribution in [0.4, 0.5) is 0 Å². The van der Waals surface area contributed by atoms with Gasteiger partial charge in [-0.2, -0.15) is 0 Å². The maximum Gasteiger partial charge on any atom is 0.472 e. The van der Waals surface area contributed by atoms with Crippen molar-refractivity contribution < 1.29 is 80.2 Å². The van der Waals surface area contributed by atoms with Gasteiger partial charge in [0, 0.05) is 25.7 Å². The lowest BCUT2D eigenvalue weighted by Gasteiger charge is -2.21. The van der Waals surface area contributed by atoms with Crippen molar-refractivity contribution in [1.82, 2.24) is 0 Å². The van der Waals surface area contributed by atoms with Crippen molar-refractivity contribution in [1.29, 1.82) is 0 Å². The van der Waals surface area contributed by atoms with Gasteiger partial charge in [-0.25, -0.2) is 9.13 Å². The molecule has 19 heteroatoms. The Labute approximate surface area is 517 Å². The molecule has 0 bridgehead atoms. The third-order valence-electron chi connectivity index (χ3n) is 15.4. The Morgan fingerprint density at radius 1 is 0.282 bits per heavy atom. The number of aliphatic hydroxyl groups is 1. The summed E-state index contributed by atoms with van der Waals surface area (Å²) in [7, 11) is -9.88. The number of phosphoric acid groups is 2. The number of aliphatic hydroxyl groups excluding tert-OH is 1. The van der Waals surface area contributed by atoms with Crippen LogP contribution in [0.15, 0.2) is 0 Å². The molecule has 0 fully saturated rings. The SMILES string of the molecule is CCCCCCCCCCCCCCCCCCCCC(=O)O[C@H](COC(=O)CCCCCCCCCCCC)COP(=O)(O)OC[C@@H](O)COP(=O)(O)OC[C@@H](COC(=O)CCCCCCCCC)OC(=O)CCCCCCCCCCCC. The fraction of sp³-hybridized carbons (Fsp3) is 0.939. The molecular weight excluding hydrogens is 1130 g/mol. The second-order valence-corrected chi connectivity index (χ2v) is 26.8. The first-order valence-corrected chi connectivity index (χ1v) is 37.8. The molecule has 3 N–H and O–H groups in total. The van der Waals surface area contributed by atoms with Gasteiger partial charge in [0.25, 0.3) is 0 Å². The molecule has 0 amide bonds. The Balaban J connectivity index is 5.15. The van der Waals surface area contributed by atoms with Crippen LogP contribution in [0.25, 0.3) is 0 Å². The molecule has 504 valence electrons. The van der Waals surface area contributed by atoms with Crippen molar-refractivity contribution in [3.8, 4) is 0 Å². The Kier molecular flexibility index (Phi) is 59.6. The number of phosphoric ester groups is 2. The van der Waals surface area contributed by atoms with E-state index in [2.05, 4.69) is 27.7 Å². The molecule has 0 saturated carbocycles. The normalized spacial score (nSPS) is 14.1. The number of esters is 4. The third kappa shape index (κ3) is 60.7. The van der Waals surface area contributed by atoms with Crippen LogP contribution in [-0.4, -0.2) is 96.7 Å². The molecule has 0 aliphatic rings. The molecule has 17 nitrogen and oxygen atoms in total. The lowest BCUT2D eigenvalue weighted by atomic mass is 10.0. The summed E-state index contributed by atoms with van der Waals surface area (Å²) in [6.07, 6.45) is 47.3. The van der Waals surface area contributed by atoms with Crippen molar-refractivity contribution in [3.05, 3.63) is 0 Å². The van der Waals surface area contributed by atoms with Crippen LogP contribution < -0.4 is 0 Å². The largest absolute Gasteiger partial charge is 0.472 e. The van der Waals surface area contributed by atoms with Gasteiger partial charge >= 0.3 is 39.5 Å². The van der Waals surface area contributed by atoms with Crippen molar-refractivity contribution in [2.45, 2.75) is 361 Å². The smallest absolute Gasteiger partial charge is 0.462 e. The molecule has 0 aromatic heterocycles. The highest BCUT2D eigenvalue weighted by atomic mass is 31.2. The summed E-state index contributed by atoms with van der Waals surface area (Å²) in [5.74, 6) is -2.13. The fourth-order valence-electron chi connectivity index (χ4n) is 9.99. The Bertz CT molecular complexity index is 1640. The molecule has 2 unspecified atom stereocenters. The highest BCUT2D eigenvalue weighted by Crippen LogP contribution is 2.45. The van der Waals surface area contributed by atoms with E-state index in [0.29, 0.717) is 25.7 Å². The van der Waals surface area contributed by atoms with Gasteiger partial charge in [-0.1, -0.05) is 291 Å². The van der Waals surface area contributed by atoms with Gasteiger partial charge in [-0.3, -0.25) is 37.3 Å². The van der Waals surface area contributed by atoms with Crippen molar-refractivity contribution >= 4 is 39.5 Å². The predicted molar refractivity (Wildman–Crippen MR) is 340 cm³/mol. The molecule has 0 aromatic carbocycles. The van der Waals surface area contributed by atoms with E-state index < -0.39 is 97.5 Å². The number of hydrogen-bond acceptors (Lipinski definition) is 15. The molecule has 0 aliphatic carbocycles. The predicted octanol–water partition coefficient (Wildman–Crippen LogP) is 18.7. The van der Waals surface area contributed by atoms with Gasteiger partial charge in [-0.15, -0.1) is 0 Å².